The van der Waals surface area contributed by atoms with Crippen LogP contribution in [0.1, 0.15) is 79.0 Å². The van der Waals surface area contributed by atoms with Crippen molar-refractivity contribution in [1.82, 2.24) is 0 Å². The molecule has 0 unspecified atom stereocenters. The van der Waals surface area contributed by atoms with Crippen molar-refractivity contribution in [2.75, 3.05) is 5.32 Å². The summed E-state index contributed by atoms with van der Waals surface area (Å²) in [7, 11) is 0. The Morgan fingerprint density at radius 1 is 0.520 bits per heavy atom. The highest BCUT2D eigenvalue weighted by molar-refractivity contribution is 5.63. The van der Waals surface area contributed by atoms with E-state index in [0.717, 1.165) is 5.69 Å². The zero-order chi connectivity index (χ0) is 19.0. The van der Waals surface area contributed by atoms with Crippen molar-refractivity contribution in [1.29, 1.82) is 0 Å². The number of hydrogen-bond acceptors (Lipinski definition) is 1. The molecular formula is C24H35N. The van der Waals surface area contributed by atoms with Crippen LogP contribution in [0, 0.1) is 0 Å². The summed E-state index contributed by atoms with van der Waals surface area (Å²) in [5, 5.41) is 3.64. The third-order valence-electron chi connectivity index (χ3n) is 4.68. The fourth-order valence-corrected chi connectivity index (χ4v) is 2.80. The van der Waals surface area contributed by atoms with Gasteiger partial charge >= 0.3 is 0 Å². The van der Waals surface area contributed by atoms with E-state index in [-0.39, 0.29) is 16.2 Å². The Kier molecular flexibility index (Phi) is 5.10. The predicted molar refractivity (Wildman–Crippen MR) is 112 cm³/mol. The predicted octanol–water partition coefficient (Wildman–Crippen LogP) is 7.32. The number of benzene rings is 2. The molecule has 25 heavy (non-hydrogen) atoms. The van der Waals surface area contributed by atoms with Crippen molar-refractivity contribution in [3.8, 4) is 0 Å². The molecule has 2 aromatic carbocycles. The van der Waals surface area contributed by atoms with Crippen LogP contribution >= 0.6 is 0 Å². The molecule has 0 aliphatic heterocycles. The molecule has 1 N–H and O–H groups in total. The lowest BCUT2D eigenvalue weighted by Crippen LogP contribution is -2.17. The summed E-state index contributed by atoms with van der Waals surface area (Å²) in [4.78, 5) is 0. The molecule has 0 aromatic heterocycles. The lowest BCUT2D eigenvalue weighted by Gasteiger charge is -2.26. The molecule has 0 aliphatic rings. The van der Waals surface area contributed by atoms with Crippen molar-refractivity contribution < 1.29 is 0 Å². The van der Waals surface area contributed by atoms with Gasteiger partial charge in [-0.2, -0.15) is 0 Å². The Morgan fingerprint density at radius 3 is 1.40 bits per heavy atom. The van der Waals surface area contributed by atoms with E-state index in [0.29, 0.717) is 0 Å². The van der Waals surface area contributed by atoms with Crippen LogP contribution < -0.4 is 5.32 Å². The standard InChI is InChI=1S/C24H35N/c1-22(2,3)17-11-10-12-20(14-17)25-21-15-18(23(4,5)6)13-19(16-21)24(7,8)9/h10-16,25H,1-9H3. The van der Waals surface area contributed by atoms with E-state index in [2.05, 4.69) is 110 Å². The number of nitrogens with one attached hydrogen (secondary N) is 1. The lowest BCUT2D eigenvalue weighted by atomic mass is 9.80. The van der Waals surface area contributed by atoms with Crippen LogP contribution in [0.3, 0.4) is 0 Å². The molecule has 2 rings (SSSR count). The van der Waals surface area contributed by atoms with Crippen LogP contribution in [0.15, 0.2) is 42.5 Å². The molecule has 136 valence electrons. The largest absolute Gasteiger partial charge is 0.356 e. The molecule has 0 radical (unpaired) electrons. The van der Waals surface area contributed by atoms with Gasteiger partial charge in [-0.1, -0.05) is 80.5 Å². The molecule has 0 saturated heterocycles. The maximum absolute atomic E-state index is 3.64. The van der Waals surface area contributed by atoms with E-state index in [1.165, 1.54) is 22.4 Å². The van der Waals surface area contributed by atoms with Gasteiger partial charge in [-0.3, -0.25) is 0 Å². The minimum Gasteiger partial charge on any atom is -0.356 e. The van der Waals surface area contributed by atoms with Gasteiger partial charge in [0.2, 0.25) is 0 Å². The molecule has 0 saturated carbocycles. The highest BCUT2D eigenvalue weighted by Gasteiger charge is 2.21. The summed E-state index contributed by atoms with van der Waals surface area (Å²) in [5.74, 6) is 0. The lowest BCUT2D eigenvalue weighted by molar-refractivity contribution is 0.569. The molecule has 0 bridgehead atoms. The van der Waals surface area contributed by atoms with Gasteiger partial charge in [0, 0.05) is 11.4 Å². The van der Waals surface area contributed by atoms with Gasteiger partial charge in [0.1, 0.15) is 0 Å². The highest BCUT2D eigenvalue weighted by Crippen LogP contribution is 2.33. The molecule has 0 atom stereocenters. The molecule has 1 heteroatoms. The van der Waals surface area contributed by atoms with E-state index in [1.54, 1.807) is 0 Å². The maximum atomic E-state index is 3.64. The van der Waals surface area contributed by atoms with Gasteiger partial charge in [-0.15, -0.1) is 0 Å². The maximum Gasteiger partial charge on any atom is 0.0390 e. The van der Waals surface area contributed by atoms with Crippen LogP contribution in [-0.2, 0) is 16.2 Å². The Bertz CT molecular complexity index is 702. The number of hydrogen-bond donors (Lipinski definition) is 1. The molecule has 0 heterocycles. The van der Waals surface area contributed by atoms with Crippen LogP contribution in [0.4, 0.5) is 11.4 Å². The first-order valence-electron chi connectivity index (χ1n) is 9.30. The number of rotatable bonds is 2. The molecule has 0 fully saturated rings. The Morgan fingerprint density at radius 2 is 0.960 bits per heavy atom. The first kappa shape index (κ1) is 19.6. The van der Waals surface area contributed by atoms with Crippen molar-refractivity contribution in [2.24, 2.45) is 0 Å². The molecular weight excluding hydrogens is 302 g/mol. The monoisotopic (exact) mass is 337 g/mol. The third-order valence-corrected chi connectivity index (χ3v) is 4.68. The normalized spacial score (nSPS) is 13.0. The zero-order valence-electron chi connectivity index (χ0n) is 17.5. The summed E-state index contributed by atoms with van der Waals surface area (Å²) in [6, 6.07) is 15.7. The summed E-state index contributed by atoms with van der Waals surface area (Å²) < 4.78 is 0. The third kappa shape index (κ3) is 5.11. The van der Waals surface area contributed by atoms with Crippen LogP contribution in [0.2, 0.25) is 0 Å². The van der Waals surface area contributed by atoms with Gasteiger partial charge < -0.3 is 5.32 Å². The summed E-state index contributed by atoms with van der Waals surface area (Å²) in [6.45, 7) is 20.4. The Hall–Kier alpha value is -1.76. The Balaban J connectivity index is 2.46. The second kappa shape index (κ2) is 6.52. The molecule has 2 aromatic rings. The SMILES string of the molecule is CC(C)(C)c1cccc(Nc2cc(C(C)(C)C)cc(C(C)(C)C)c2)c1. The first-order chi connectivity index (χ1) is 11.3. The minimum absolute atomic E-state index is 0.130. The van der Waals surface area contributed by atoms with Gasteiger partial charge in [0.05, 0.1) is 0 Å². The van der Waals surface area contributed by atoms with Crippen molar-refractivity contribution in [2.45, 2.75) is 78.6 Å². The van der Waals surface area contributed by atoms with E-state index in [1.807, 2.05) is 0 Å². The first-order valence-corrected chi connectivity index (χ1v) is 9.30. The number of anilines is 2. The summed E-state index contributed by atoms with van der Waals surface area (Å²) in [6.07, 6.45) is 0. The van der Waals surface area contributed by atoms with Crippen molar-refractivity contribution in [3.05, 3.63) is 59.2 Å². The fraction of sp³-hybridized carbons (Fsp3) is 0.500. The molecule has 0 aliphatic carbocycles. The van der Waals surface area contributed by atoms with Crippen molar-refractivity contribution in [3.63, 3.8) is 0 Å². The van der Waals surface area contributed by atoms with Gasteiger partial charge in [0.25, 0.3) is 0 Å². The second-order valence-electron chi connectivity index (χ2n) is 10.3. The van der Waals surface area contributed by atoms with E-state index in [9.17, 15) is 0 Å². The molecule has 1 nitrogen and oxygen atoms in total. The van der Waals surface area contributed by atoms with E-state index in [4.69, 9.17) is 0 Å². The highest BCUT2D eigenvalue weighted by atomic mass is 14.9. The van der Waals surface area contributed by atoms with Crippen molar-refractivity contribution >= 4 is 11.4 Å². The quantitative estimate of drug-likeness (QED) is 0.605. The van der Waals surface area contributed by atoms with Gasteiger partial charge in [-0.25, -0.2) is 0 Å². The summed E-state index contributed by atoms with van der Waals surface area (Å²) >= 11 is 0. The van der Waals surface area contributed by atoms with E-state index < -0.39 is 0 Å². The fourth-order valence-electron chi connectivity index (χ4n) is 2.80. The van der Waals surface area contributed by atoms with Gasteiger partial charge in [0.15, 0.2) is 0 Å². The Labute approximate surface area is 154 Å². The smallest absolute Gasteiger partial charge is 0.0390 e. The van der Waals surface area contributed by atoms with Gasteiger partial charge in [-0.05, 0) is 57.2 Å². The topological polar surface area (TPSA) is 12.0 Å². The van der Waals surface area contributed by atoms with Crippen LogP contribution in [0.5, 0.6) is 0 Å². The average Bonchev–Trinajstić information content (AvgIpc) is 2.44. The van der Waals surface area contributed by atoms with E-state index >= 15 is 0 Å². The minimum atomic E-state index is 0.130. The second-order valence-corrected chi connectivity index (χ2v) is 10.3. The zero-order valence-corrected chi connectivity index (χ0v) is 17.5. The molecule has 0 spiro atoms. The summed E-state index contributed by atoms with van der Waals surface area (Å²) in [5.41, 5.74) is 6.82. The molecule has 0 amide bonds. The van der Waals surface area contributed by atoms with Crippen LogP contribution in [0.25, 0.3) is 0 Å². The average molecular weight is 338 g/mol. The van der Waals surface area contributed by atoms with Crippen LogP contribution in [-0.4, -0.2) is 0 Å².